The van der Waals surface area contributed by atoms with Gasteiger partial charge in [-0.05, 0) is 53.9 Å². The van der Waals surface area contributed by atoms with E-state index < -0.39 is 0 Å². The second-order valence-corrected chi connectivity index (χ2v) is 9.83. The van der Waals surface area contributed by atoms with E-state index in [0.717, 1.165) is 17.5 Å². The van der Waals surface area contributed by atoms with Crippen LogP contribution in [-0.2, 0) is 17.9 Å². The predicted octanol–water partition coefficient (Wildman–Crippen LogP) is 4.65. The first-order chi connectivity index (χ1) is 17.9. The first-order valence-electron chi connectivity index (χ1n) is 11.9. The highest BCUT2D eigenvalue weighted by Crippen LogP contribution is 2.19. The van der Waals surface area contributed by atoms with E-state index in [-0.39, 0.29) is 29.7 Å². The van der Waals surface area contributed by atoms with Gasteiger partial charge in [-0.25, -0.2) is 4.98 Å². The Kier molecular flexibility index (Phi) is 8.98. The molecule has 0 aliphatic rings. The van der Waals surface area contributed by atoms with E-state index in [4.69, 9.17) is 11.6 Å². The second-order valence-electron chi connectivity index (χ2n) is 8.45. The lowest BCUT2D eigenvalue weighted by Crippen LogP contribution is -2.27. The van der Waals surface area contributed by atoms with Gasteiger partial charge in [0.05, 0.1) is 23.2 Å². The number of nitrogens with one attached hydrogen (secondary N) is 2. The largest absolute Gasteiger partial charge is 0.352 e. The number of nitrogens with zero attached hydrogens (tertiary/aromatic N) is 2. The van der Waals surface area contributed by atoms with Gasteiger partial charge in [0, 0.05) is 23.7 Å². The zero-order valence-electron chi connectivity index (χ0n) is 20.4. The fourth-order valence-corrected chi connectivity index (χ4v) is 4.62. The van der Waals surface area contributed by atoms with Gasteiger partial charge >= 0.3 is 0 Å². The molecule has 3 aromatic carbocycles. The maximum absolute atomic E-state index is 13.4. The number of aromatic nitrogens is 2. The number of hydrogen-bond donors (Lipinski definition) is 2. The fraction of sp³-hybridized carbons (Fsp3) is 0.214. The highest BCUT2D eigenvalue weighted by Gasteiger charge is 2.14. The maximum atomic E-state index is 13.4. The van der Waals surface area contributed by atoms with Gasteiger partial charge in [-0.15, -0.1) is 0 Å². The molecule has 0 aliphatic heterocycles. The molecule has 4 rings (SSSR count). The summed E-state index contributed by atoms with van der Waals surface area (Å²) in [6.07, 6.45) is 0.862. The zero-order valence-corrected chi connectivity index (χ0v) is 21.9. The van der Waals surface area contributed by atoms with Gasteiger partial charge in [-0.3, -0.25) is 19.0 Å². The molecule has 0 fully saturated rings. The third-order valence-corrected chi connectivity index (χ3v) is 6.88. The average molecular weight is 535 g/mol. The third-order valence-electron chi connectivity index (χ3n) is 5.65. The smallest absolute Gasteiger partial charge is 0.262 e. The maximum Gasteiger partial charge on any atom is 0.262 e. The number of halogens is 1. The van der Waals surface area contributed by atoms with Crippen molar-refractivity contribution in [1.82, 2.24) is 20.2 Å². The molecule has 0 radical (unpaired) electrons. The molecule has 0 atom stereocenters. The Balaban J connectivity index is 1.51. The van der Waals surface area contributed by atoms with Crippen molar-refractivity contribution >= 4 is 46.1 Å². The van der Waals surface area contributed by atoms with Crippen LogP contribution in [0.5, 0.6) is 0 Å². The highest BCUT2D eigenvalue weighted by molar-refractivity contribution is 7.99. The Hall–Kier alpha value is -3.62. The summed E-state index contributed by atoms with van der Waals surface area (Å²) >= 11 is 7.13. The summed E-state index contributed by atoms with van der Waals surface area (Å²) in [5.41, 5.74) is 2.75. The van der Waals surface area contributed by atoms with Crippen molar-refractivity contribution in [2.75, 3.05) is 12.3 Å². The molecule has 7 nitrogen and oxygen atoms in total. The molecule has 2 amide bonds. The van der Waals surface area contributed by atoms with E-state index in [0.29, 0.717) is 39.7 Å². The van der Waals surface area contributed by atoms with Crippen LogP contribution in [0.25, 0.3) is 10.9 Å². The quantitative estimate of drug-likeness (QED) is 0.228. The number of amides is 2. The van der Waals surface area contributed by atoms with Crippen molar-refractivity contribution in [3.8, 4) is 0 Å². The number of carbonyl (C=O) groups is 2. The van der Waals surface area contributed by atoms with Crippen LogP contribution in [0.4, 0.5) is 0 Å². The lowest BCUT2D eigenvalue weighted by atomic mass is 10.1. The van der Waals surface area contributed by atoms with E-state index in [1.165, 1.54) is 11.8 Å². The van der Waals surface area contributed by atoms with Gasteiger partial charge in [0.15, 0.2) is 5.16 Å². The standard InChI is InChI=1S/C28H27ClN4O3S/c1-2-15-30-26(35)21-11-7-20(8-12-21)17-33-27(36)23-5-3-4-6-24(23)32-28(33)37-18-25(34)31-16-19-9-13-22(29)14-10-19/h3-14H,2,15-18H2,1H3,(H,30,35)(H,31,34). The van der Waals surface area contributed by atoms with Crippen LogP contribution >= 0.6 is 23.4 Å². The molecule has 2 N–H and O–H groups in total. The molecule has 0 bridgehead atoms. The molecule has 0 aliphatic carbocycles. The molecule has 0 saturated heterocycles. The van der Waals surface area contributed by atoms with Crippen LogP contribution in [0.3, 0.4) is 0 Å². The predicted molar refractivity (Wildman–Crippen MR) is 148 cm³/mol. The Bertz CT molecular complexity index is 1450. The number of hydrogen-bond acceptors (Lipinski definition) is 5. The Morgan fingerprint density at radius 3 is 2.38 bits per heavy atom. The SMILES string of the molecule is CCCNC(=O)c1ccc(Cn2c(SCC(=O)NCc3ccc(Cl)cc3)nc3ccccc3c2=O)cc1. The molecular weight excluding hydrogens is 508 g/mol. The zero-order chi connectivity index (χ0) is 26.2. The number of rotatable bonds is 10. The number of thioether (sulfide) groups is 1. The molecule has 1 aromatic heterocycles. The summed E-state index contributed by atoms with van der Waals surface area (Å²) in [4.78, 5) is 42.8. The van der Waals surface area contributed by atoms with Crippen LogP contribution in [0, 0.1) is 0 Å². The molecule has 0 unspecified atom stereocenters. The topological polar surface area (TPSA) is 93.1 Å². The van der Waals surface area contributed by atoms with Gasteiger partial charge in [-0.2, -0.15) is 0 Å². The van der Waals surface area contributed by atoms with Crippen molar-refractivity contribution in [3.05, 3.63) is 105 Å². The minimum absolute atomic E-state index is 0.106. The Morgan fingerprint density at radius 2 is 1.65 bits per heavy atom. The first-order valence-corrected chi connectivity index (χ1v) is 13.3. The van der Waals surface area contributed by atoms with E-state index in [1.54, 1.807) is 47.0 Å². The van der Waals surface area contributed by atoms with Crippen molar-refractivity contribution in [1.29, 1.82) is 0 Å². The van der Waals surface area contributed by atoms with Crippen LogP contribution in [0.15, 0.2) is 82.7 Å². The van der Waals surface area contributed by atoms with Gasteiger partial charge in [0.2, 0.25) is 5.91 Å². The van der Waals surface area contributed by atoms with Gasteiger partial charge in [0.1, 0.15) is 0 Å². The lowest BCUT2D eigenvalue weighted by Gasteiger charge is -2.14. The van der Waals surface area contributed by atoms with Crippen molar-refractivity contribution in [3.63, 3.8) is 0 Å². The van der Waals surface area contributed by atoms with Crippen molar-refractivity contribution in [2.24, 2.45) is 0 Å². The van der Waals surface area contributed by atoms with Gasteiger partial charge < -0.3 is 10.6 Å². The summed E-state index contributed by atoms with van der Waals surface area (Å²) < 4.78 is 1.58. The minimum atomic E-state index is -0.181. The molecule has 37 heavy (non-hydrogen) atoms. The monoisotopic (exact) mass is 534 g/mol. The van der Waals surface area contributed by atoms with Crippen LogP contribution in [0.1, 0.15) is 34.8 Å². The second kappa shape index (κ2) is 12.6. The normalized spacial score (nSPS) is 10.9. The van der Waals surface area contributed by atoms with Gasteiger partial charge in [-0.1, -0.05) is 66.7 Å². The Morgan fingerprint density at radius 1 is 0.946 bits per heavy atom. The number of fused-ring (bicyclic) bond motifs is 1. The molecule has 190 valence electrons. The van der Waals surface area contributed by atoms with Crippen LogP contribution in [0.2, 0.25) is 5.02 Å². The molecular formula is C28H27ClN4O3S. The average Bonchev–Trinajstić information content (AvgIpc) is 2.92. The summed E-state index contributed by atoms with van der Waals surface area (Å²) in [7, 11) is 0. The van der Waals surface area contributed by atoms with E-state index in [1.807, 2.05) is 37.3 Å². The lowest BCUT2D eigenvalue weighted by molar-refractivity contribution is -0.118. The number of carbonyl (C=O) groups excluding carboxylic acids is 2. The molecule has 0 saturated carbocycles. The van der Waals surface area contributed by atoms with E-state index >= 15 is 0 Å². The van der Waals surface area contributed by atoms with Crippen LogP contribution < -0.4 is 16.2 Å². The van der Waals surface area contributed by atoms with E-state index in [9.17, 15) is 14.4 Å². The molecule has 4 aromatic rings. The third kappa shape index (κ3) is 6.99. The summed E-state index contributed by atoms with van der Waals surface area (Å²) in [5, 5.41) is 7.34. The molecule has 9 heteroatoms. The van der Waals surface area contributed by atoms with E-state index in [2.05, 4.69) is 15.6 Å². The highest BCUT2D eigenvalue weighted by atomic mass is 35.5. The van der Waals surface area contributed by atoms with Gasteiger partial charge in [0.25, 0.3) is 11.5 Å². The number of benzene rings is 3. The summed E-state index contributed by atoms with van der Waals surface area (Å²) in [5.74, 6) is -0.190. The fourth-order valence-electron chi connectivity index (χ4n) is 3.67. The van der Waals surface area contributed by atoms with Crippen molar-refractivity contribution in [2.45, 2.75) is 31.6 Å². The molecule has 1 heterocycles. The number of para-hydroxylation sites is 1. The van der Waals surface area contributed by atoms with Crippen LogP contribution in [-0.4, -0.2) is 33.7 Å². The molecule has 0 spiro atoms. The summed E-state index contributed by atoms with van der Waals surface area (Å²) in [6.45, 7) is 3.26. The minimum Gasteiger partial charge on any atom is -0.352 e. The van der Waals surface area contributed by atoms with Crippen molar-refractivity contribution < 1.29 is 9.59 Å². The first kappa shape index (κ1) is 26.4. The summed E-state index contributed by atoms with van der Waals surface area (Å²) in [6, 6.07) is 21.6. The Labute approximate surface area is 224 Å².